The molecule has 2 aromatic rings. The molecule has 164 valence electrons. The Labute approximate surface area is 179 Å². The van der Waals surface area contributed by atoms with Crippen LogP contribution >= 0.6 is 0 Å². The monoisotopic (exact) mass is 413 g/mol. The van der Waals surface area contributed by atoms with E-state index in [1.165, 1.54) is 32.1 Å². The first-order valence-electron chi connectivity index (χ1n) is 11.2. The maximum Gasteiger partial charge on any atom is 0.329 e. The smallest absolute Gasteiger partial charge is 0.329 e. The highest BCUT2D eigenvalue weighted by Gasteiger charge is 2.23. The van der Waals surface area contributed by atoms with Gasteiger partial charge in [-0.15, -0.1) is 0 Å². The maximum absolute atomic E-state index is 12.6. The molecule has 30 heavy (non-hydrogen) atoms. The third-order valence-electron chi connectivity index (χ3n) is 5.08. The van der Waals surface area contributed by atoms with Gasteiger partial charge in [-0.1, -0.05) is 82.2 Å². The second-order valence-electron chi connectivity index (χ2n) is 7.72. The lowest BCUT2D eigenvalue weighted by molar-refractivity contribution is -0.149. The maximum atomic E-state index is 12.6. The fourth-order valence-electron chi connectivity index (χ4n) is 3.32. The number of aromatic amines is 1. The summed E-state index contributed by atoms with van der Waals surface area (Å²) in [5.41, 5.74) is 1.69. The molecule has 0 bridgehead atoms. The quantitative estimate of drug-likeness (QED) is 0.327. The molecule has 1 aromatic heterocycles. The van der Waals surface area contributed by atoms with Crippen LogP contribution in [0.1, 0.15) is 76.0 Å². The van der Waals surface area contributed by atoms with Crippen molar-refractivity contribution in [1.29, 1.82) is 0 Å². The largest absolute Gasteiger partial charge is 0.459 e. The lowest BCUT2D eigenvalue weighted by atomic mass is 10.1. The summed E-state index contributed by atoms with van der Waals surface area (Å²) in [6, 6.07) is 8.79. The Morgan fingerprint density at radius 1 is 1.03 bits per heavy atom. The first-order valence-corrected chi connectivity index (χ1v) is 11.2. The molecule has 0 aliphatic rings. The SMILES string of the molecule is CCCCCCCCCCC(=O)N[C@@H](Cc1cnc[nH]1)C(=O)OCc1ccccc1. The van der Waals surface area contributed by atoms with Crippen molar-refractivity contribution < 1.29 is 14.3 Å². The number of amides is 1. The first-order chi connectivity index (χ1) is 14.7. The number of benzene rings is 1. The lowest BCUT2D eigenvalue weighted by Gasteiger charge is -2.17. The number of imidazole rings is 1. The molecule has 6 nitrogen and oxygen atoms in total. The van der Waals surface area contributed by atoms with E-state index < -0.39 is 12.0 Å². The Kier molecular flexibility index (Phi) is 11.3. The number of hydrogen-bond acceptors (Lipinski definition) is 4. The molecule has 0 spiro atoms. The molecule has 6 heteroatoms. The van der Waals surface area contributed by atoms with E-state index in [1.807, 2.05) is 30.3 Å². The van der Waals surface area contributed by atoms with Crippen molar-refractivity contribution in [3.63, 3.8) is 0 Å². The average Bonchev–Trinajstić information content (AvgIpc) is 3.27. The van der Waals surface area contributed by atoms with Crippen LogP contribution in [-0.4, -0.2) is 27.9 Å². The summed E-state index contributed by atoms with van der Waals surface area (Å²) in [6.45, 7) is 2.41. The van der Waals surface area contributed by atoms with E-state index in [0.29, 0.717) is 12.8 Å². The van der Waals surface area contributed by atoms with E-state index in [1.54, 1.807) is 12.5 Å². The molecule has 0 unspecified atom stereocenters. The van der Waals surface area contributed by atoms with Crippen LogP contribution in [-0.2, 0) is 27.4 Å². The number of H-pyrrole nitrogens is 1. The van der Waals surface area contributed by atoms with Crippen LogP contribution in [0.5, 0.6) is 0 Å². The number of hydrogen-bond donors (Lipinski definition) is 2. The molecule has 0 saturated heterocycles. The Morgan fingerprint density at radius 3 is 2.40 bits per heavy atom. The van der Waals surface area contributed by atoms with Crippen molar-refractivity contribution >= 4 is 11.9 Å². The van der Waals surface area contributed by atoms with Gasteiger partial charge in [0.05, 0.1) is 6.33 Å². The number of rotatable bonds is 15. The molecule has 2 N–H and O–H groups in total. The normalized spacial score (nSPS) is 11.8. The van der Waals surface area contributed by atoms with E-state index >= 15 is 0 Å². The third kappa shape index (κ3) is 9.72. The predicted molar refractivity (Wildman–Crippen MR) is 118 cm³/mol. The minimum atomic E-state index is -0.726. The van der Waals surface area contributed by atoms with Gasteiger partial charge in [-0.3, -0.25) is 4.79 Å². The number of esters is 1. The molecule has 0 fully saturated rings. The Balaban J connectivity index is 1.75. The Hall–Kier alpha value is -2.63. The lowest BCUT2D eigenvalue weighted by Crippen LogP contribution is -2.43. The summed E-state index contributed by atoms with van der Waals surface area (Å²) in [4.78, 5) is 32.0. The van der Waals surface area contributed by atoms with Crippen molar-refractivity contribution in [2.45, 2.75) is 83.8 Å². The molecule has 1 amide bonds. The van der Waals surface area contributed by atoms with Gasteiger partial charge in [0.1, 0.15) is 12.6 Å². The fourth-order valence-corrected chi connectivity index (χ4v) is 3.32. The zero-order valence-electron chi connectivity index (χ0n) is 18.1. The second kappa shape index (κ2) is 14.4. The van der Waals surface area contributed by atoms with Crippen LogP contribution in [0, 0.1) is 0 Å². The second-order valence-corrected chi connectivity index (χ2v) is 7.72. The predicted octanol–water partition coefficient (Wildman–Crippen LogP) is 4.71. The molecule has 1 atom stereocenters. The molecular formula is C24H35N3O3. The number of ether oxygens (including phenoxy) is 1. The zero-order chi connectivity index (χ0) is 21.4. The van der Waals surface area contributed by atoms with Gasteiger partial charge in [0.25, 0.3) is 0 Å². The van der Waals surface area contributed by atoms with Crippen LogP contribution in [0.4, 0.5) is 0 Å². The van der Waals surface area contributed by atoms with Crippen molar-refractivity contribution in [3.05, 3.63) is 54.1 Å². The number of aromatic nitrogens is 2. The molecule has 0 aliphatic heterocycles. The number of carbonyl (C=O) groups is 2. The van der Waals surface area contributed by atoms with Crippen LogP contribution in [0.3, 0.4) is 0 Å². The van der Waals surface area contributed by atoms with E-state index in [2.05, 4.69) is 22.2 Å². The molecule has 1 heterocycles. The topological polar surface area (TPSA) is 84.1 Å². The standard InChI is InChI=1S/C24H35N3O3/c1-2-3-4-5-6-7-8-12-15-23(28)27-22(16-21-17-25-19-26-21)24(29)30-18-20-13-10-9-11-14-20/h9-11,13-14,17,19,22H,2-8,12,15-16,18H2,1H3,(H,25,26)(H,27,28)/t22-/m0/s1. The fraction of sp³-hybridized carbons (Fsp3) is 0.542. The van der Waals surface area contributed by atoms with E-state index in [-0.39, 0.29) is 12.5 Å². The number of unbranched alkanes of at least 4 members (excludes halogenated alkanes) is 7. The van der Waals surface area contributed by atoms with Crippen molar-refractivity contribution in [3.8, 4) is 0 Å². The summed E-state index contributed by atoms with van der Waals surface area (Å²) < 4.78 is 5.44. The highest BCUT2D eigenvalue weighted by atomic mass is 16.5. The van der Waals surface area contributed by atoms with Gasteiger partial charge in [0.15, 0.2) is 0 Å². The number of nitrogens with zero attached hydrogens (tertiary/aromatic N) is 1. The summed E-state index contributed by atoms with van der Waals surface area (Å²) in [7, 11) is 0. The van der Waals surface area contributed by atoms with Gasteiger partial charge in [-0.05, 0) is 12.0 Å². The molecule has 0 radical (unpaired) electrons. The van der Waals surface area contributed by atoms with E-state index in [0.717, 1.165) is 30.5 Å². The van der Waals surface area contributed by atoms with Crippen LogP contribution in [0.15, 0.2) is 42.9 Å². The highest BCUT2D eigenvalue weighted by molar-refractivity contribution is 5.84. The first kappa shape index (κ1) is 23.6. The number of nitrogens with one attached hydrogen (secondary N) is 2. The van der Waals surface area contributed by atoms with Crippen LogP contribution in [0.2, 0.25) is 0 Å². The van der Waals surface area contributed by atoms with Gasteiger partial charge in [0, 0.05) is 24.7 Å². The highest BCUT2D eigenvalue weighted by Crippen LogP contribution is 2.10. The van der Waals surface area contributed by atoms with Gasteiger partial charge in [0.2, 0.25) is 5.91 Å². The molecule has 0 saturated carbocycles. The molecular weight excluding hydrogens is 378 g/mol. The van der Waals surface area contributed by atoms with Crippen molar-refractivity contribution in [2.75, 3.05) is 0 Å². The molecule has 2 rings (SSSR count). The average molecular weight is 414 g/mol. The van der Waals surface area contributed by atoms with Crippen LogP contribution < -0.4 is 5.32 Å². The Bertz CT molecular complexity index is 717. The summed E-state index contributed by atoms with van der Waals surface area (Å²) in [6.07, 6.45) is 13.4. The van der Waals surface area contributed by atoms with E-state index in [9.17, 15) is 9.59 Å². The summed E-state index contributed by atoms with van der Waals surface area (Å²) in [5, 5.41) is 2.85. The Morgan fingerprint density at radius 2 is 1.73 bits per heavy atom. The zero-order valence-corrected chi connectivity index (χ0v) is 18.1. The molecule has 0 aliphatic carbocycles. The number of carbonyl (C=O) groups excluding carboxylic acids is 2. The van der Waals surface area contributed by atoms with Gasteiger partial charge in [-0.25, -0.2) is 9.78 Å². The molecule has 1 aromatic carbocycles. The third-order valence-corrected chi connectivity index (χ3v) is 5.08. The van der Waals surface area contributed by atoms with Crippen molar-refractivity contribution in [2.24, 2.45) is 0 Å². The summed E-state index contributed by atoms with van der Waals surface area (Å²) in [5.74, 6) is -0.542. The van der Waals surface area contributed by atoms with Crippen LogP contribution in [0.25, 0.3) is 0 Å². The minimum Gasteiger partial charge on any atom is -0.459 e. The van der Waals surface area contributed by atoms with Crippen molar-refractivity contribution in [1.82, 2.24) is 15.3 Å². The van der Waals surface area contributed by atoms with Gasteiger partial charge >= 0.3 is 5.97 Å². The van der Waals surface area contributed by atoms with E-state index in [4.69, 9.17) is 4.74 Å². The van der Waals surface area contributed by atoms with Gasteiger partial charge < -0.3 is 15.0 Å². The van der Waals surface area contributed by atoms with Gasteiger partial charge in [-0.2, -0.15) is 0 Å². The minimum absolute atomic E-state index is 0.109. The summed E-state index contributed by atoms with van der Waals surface area (Å²) >= 11 is 0.